The highest BCUT2D eigenvalue weighted by Gasteiger charge is 2.26. The van der Waals surface area contributed by atoms with Gasteiger partial charge in [0.2, 0.25) is 0 Å². The Hall–Kier alpha value is -1.16. The van der Waals surface area contributed by atoms with E-state index in [-0.39, 0.29) is 5.54 Å². The number of nitrogens with one attached hydrogen (secondary N) is 1. The van der Waals surface area contributed by atoms with Crippen LogP contribution in [0.1, 0.15) is 32.9 Å². The topological polar surface area (TPSA) is 41.0 Å². The Balaban J connectivity index is 1.96. The predicted molar refractivity (Wildman–Crippen MR) is 70.3 cm³/mol. The SMILES string of the molecule is Cc1ccc(N2CC[C@@H](NC(C)(C)C)C2)nn1. The van der Waals surface area contributed by atoms with Crippen LogP contribution in [0, 0.1) is 6.92 Å². The maximum absolute atomic E-state index is 4.24. The number of rotatable bonds is 2. The molecule has 1 N–H and O–H groups in total. The number of nitrogens with zero attached hydrogens (tertiary/aromatic N) is 3. The lowest BCUT2D eigenvalue weighted by atomic mass is 10.1. The lowest BCUT2D eigenvalue weighted by molar-refractivity contribution is 0.373. The molecule has 0 amide bonds. The van der Waals surface area contributed by atoms with E-state index in [1.165, 1.54) is 6.42 Å². The molecule has 0 saturated carbocycles. The molecule has 1 aromatic heterocycles. The van der Waals surface area contributed by atoms with Gasteiger partial charge < -0.3 is 10.2 Å². The van der Waals surface area contributed by atoms with E-state index < -0.39 is 0 Å². The maximum Gasteiger partial charge on any atom is 0.151 e. The van der Waals surface area contributed by atoms with Crippen molar-refractivity contribution in [3.05, 3.63) is 17.8 Å². The van der Waals surface area contributed by atoms with Gasteiger partial charge in [0.25, 0.3) is 0 Å². The van der Waals surface area contributed by atoms with Gasteiger partial charge in [-0.15, -0.1) is 5.10 Å². The molecule has 1 aliphatic heterocycles. The van der Waals surface area contributed by atoms with Crippen molar-refractivity contribution in [3.63, 3.8) is 0 Å². The minimum absolute atomic E-state index is 0.180. The first-order valence-electron chi connectivity index (χ1n) is 6.27. The Bertz CT molecular complexity index is 366. The molecule has 1 fully saturated rings. The van der Waals surface area contributed by atoms with Crippen LogP contribution in [-0.2, 0) is 0 Å². The van der Waals surface area contributed by atoms with Crippen LogP contribution in [0.15, 0.2) is 12.1 Å². The second-order valence-corrected chi connectivity index (χ2v) is 5.86. The highest BCUT2D eigenvalue weighted by Crippen LogP contribution is 2.18. The van der Waals surface area contributed by atoms with Gasteiger partial charge in [-0.1, -0.05) is 0 Å². The van der Waals surface area contributed by atoms with E-state index in [0.717, 1.165) is 24.6 Å². The minimum atomic E-state index is 0.180. The summed E-state index contributed by atoms with van der Waals surface area (Å²) < 4.78 is 0. The zero-order valence-corrected chi connectivity index (χ0v) is 11.2. The molecule has 0 unspecified atom stereocenters. The highest BCUT2D eigenvalue weighted by atomic mass is 15.3. The number of aromatic nitrogens is 2. The smallest absolute Gasteiger partial charge is 0.151 e. The normalized spacial score (nSPS) is 20.9. The third-order valence-corrected chi connectivity index (χ3v) is 2.93. The quantitative estimate of drug-likeness (QED) is 0.846. The van der Waals surface area contributed by atoms with E-state index in [9.17, 15) is 0 Å². The predicted octanol–water partition coefficient (Wildman–Crippen LogP) is 1.75. The molecule has 0 bridgehead atoms. The van der Waals surface area contributed by atoms with Crippen LogP contribution in [0.3, 0.4) is 0 Å². The van der Waals surface area contributed by atoms with Gasteiger partial charge in [0, 0.05) is 24.7 Å². The average molecular weight is 234 g/mol. The lowest BCUT2D eigenvalue weighted by Gasteiger charge is -2.26. The molecule has 0 radical (unpaired) electrons. The van der Waals surface area contributed by atoms with Gasteiger partial charge in [-0.25, -0.2) is 0 Å². The zero-order chi connectivity index (χ0) is 12.5. The van der Waals surface area contributed by atoms with Crippen molar-refractivity contribution in [1.82, 2.24) is 15.5 Å². The fraction of sp³-hybridized carbons (Fsp3) is 0.692. The first-order valence-corrected chi connectivity index (χ1v) is 6.27. The summed E-state index contributed by atoms with van der Waals surface area (Å²) in [5.74, 6) is 0.994. The van der Waals surface area contributed by atoms with Crippen LogP contribution in [0.25, 0.3) is 0 Å². The molecule has 0 aromatic carbocycles. The van der Waals surface area contributed by atoms with E-state index in [4.69, 9.17) is 0 Å². The molecule has 94 valence electrons. The van der Waals surface area contributed by atoms with Gasteiger partial charge in [-0.05, 0) is 46.2 Å². The van der Waals surface area contributed by atoms with Gasteiger partial charge in [0.1, 0.15) is 0 Å². The molecule has 1 aliphatic rings. The van der Waals surface area contributed by atoms with Crippen LogP contribution in [-0.4, -0.2) is 34.9 Å². The molecule has 2 rings (SSSR count). The Kier molecular flexibility index (Phi) is 3.33. The largest absolute Gasteiger partial charge is 0.354 e. The summed E-state index contributed by atoms with van der Waals surface area (Å²) in [4.78, 5) is 2.30. The van der Waals surface area contributed by atoms with E-state index >= 15 is 0 Å². The molecule has 1 saturated heterocycles. The summed E-state index contributed by atoms with van der Waals surface area (Å²) in [6.07, 6.45) is 1.17. The Labute approximate surface area is 103 Å². The fourth-order valence-electron chi connectivity index (χ4n) is 2.26. The van der Waals surface area contributed by atoms with E-state index in [1.807, 2.05) is 13.0 Å². The number of anilines is 1. The molecule has 1 aromatic rings. The van der Waals surface area contributed by atoms with Crippen molar-refractivity contribution in [3.8, 4) is 0 Å². The summed E-state index contributed by atoms with van der Waals surface area (Å²) in [5, 5.41) is 12.0. The Morgan fingerprint density at radius 1 is 1.29 bits per heavy atom. The Morgan fingerprint density at radius 3 is 2.65 bits per heavy atom. The van der Waals surface area contributed by atoms with Gasteiger partial charge in [-0.2, -0.15) is 5.10 Å². The van der Waals surface area contributed by atoms with E-state index in [1.54, 1.807) is 0 Å². The van der Waals surface area contributed by atoms with Crippen molar-refractivity contribution < 1.29 is 0 Å². The van der Waals surface area contributed by atoms with Gasteiger partial charge in [-0.3, -0.25) is 0 Å². The molecule has 4 heteroatoms. The van der Waals surface area contributed by atoms with Crippen LogP contribution in [0.4, 0.5) is 5.82 Å². The summed E-state index contributed by atoms with van der Waals surface area (Å²) in [6.45, 7) is 10.7. The van der Waals surface area contributed by atoms with Crippen molar-refractivity contribution in [1.29, 1.82) is 0 Å². The van der Waals surface area contributed by atoms with Crippen LogP contribution in [0.5, 0.6) is 0 Å². The average Bonchev–Trinajstić information content (AvgIpc) is 2.64. The van der Waals surface area contributed by atoms with Crippen LogP contribution in [0.2, 0.25) is 0 Å². The fourth-order valence-corrected chi connectivity index (χ4v) is 2.26. The van der Waals surface area contributed by atoms with Crippen molar-refractivity contribution in [2.75, 3.05) is 18.0 Å². The van der Waals surface area contributed by atoms with Crippen molar-refractivity contribution >= 4 is 5.82 Å². The number of hydrogen-bond acceptors (Lipinski definition) is 4. The van der Waals surface area contributed by atoms with Crippen molar-refractivity contribution in [2.45, 2.75) is 45.7 Å². The molecular weight excluding hydrogens is 212 g/mol. The molecule has 1 atom stereocenters. The first-order chi connectivity index (χ1) is 7.94. The molecule has 17 heavy (non-hydrogen) atoms. The first kappa shape index (κ1) is 12.3. The molecule has 2 heterocycles. The summed E-state index contributed by atoms with van der Waals surface area (Å²) in [7, 11) is 0. The van der Waals surface area contributed by atoms with Crippen LogP contribution >= 0.6 is 0 Å². The van der Waals surface area contributed by atoms with Crippen molar-refractivity contribution in [2.24, 2.45) is 0 Å². The monoisotopic (exact) mass is 234 g/mol. The summed E-state index contributed by atoms with van der Waals surface area (Å²) >= 11 is 0. The minimum Gasteiger partial charge on any atom is -0.354 e. The second-order valence-electron chi connectivity index (χ2n) is 5.86. The summed E-state index contributed by atoms with van der Waals surface area (Å²) in [5.41, 5.74) is 1.15. The van der Waals surface area contributed by atoms with Gasteiger partial charge >= 0.3 is 0 Å². The highest BCUT2D eigenvalue weighted by molar-refractivity contribution is 5.39. The molecular formula is C13H22N4. The zero-order valence-electron chi connectivity index (χ0n) is 11.2. The standard InChI is InChI=1S/C13H22N4/c1-10-5-6-12(16-15-10)17-8-7-11(9-17)14-13(2,3)4/h5-6,11,14H,7-9H2,1-4H3/t11-/m1/s1. The van der Waals surface area contributed by atoms with Gasteiger partial charge in [0.05, 0.1) is 5.69 Å². The van der Waals surface area contributed by atoms with E-state index in [0.29, 0.717) is 6.04 Å². The molecule has 0 spiro atoms. The third-order valence-electron chi connectivity index (χ3n) is 2.93. The summed E-state index contributed by atoms with van der Waals surface area (Å²) in [6, 6.07) is 4.63. The maximum atomic E-state index is 4.24. The molecule has 4 nitrogen and oxygen atoms in total. The van der Waals surface area contributed by atoms with Gasteiger partial charge in [0.15, 0.2) is 5.82 Å². The second kappa shape index (κ2) is 4.61. The number of aryl methyl sites for hydroxylation is 1. The Morgan fingerprint density at radius 2 is 2.06 bits per heavy atom. The third kappa shape index (κ3) is 3.40. The number of hydrogen-bond donors (Lipinski definition) is 1. The van der Waals surface area contributed by atoms with Crippen LogP contribution < -0.4 is 10.2 Å². The molecule has 0 aliphatic carbocycles. The lowest BCUT2D eigenvalue weighted by Crippen LogP contribution is -2.45. The van der Waals surface area contributed by atoms with E-state index in [2.05, 4.69) is 47.3 Å².